The molecule has 11 nitrogen and oxygen atoms in total. The van der Waals surface area contributed by atoms with Crippen molar-refractivity contribution in [2.45, 2.75) is 65.8 Å². The molecule has 0 saturated carbocycles. The van der Waals surface area contributed by atoms with Crippen LogP contribution in [0.15, 0.2) is 130 Å². The number of benzene rings is 4. The molecule has 1 atom stereocenters. The van der Waals surface area contributed by atoms with Gasteiger partial charge in [-0.2, -0.15) is 13.2 Å². The van der Waals surface area contributed by atoms with Crippen molar-refractivity contribution in [3.05, 3.63) is 131 Å². The van der Waals surface area contributed by atoms with Crippen LogP contribution in [0.2, 0.25) is 5.02 Å². The maximum atomic E-state index is 14.2. The Morgan fingerprint density at radius 1 is 0.892 bits per heavy atom. The first kappa shape index (κ1) is 48.4. The van der Waals surface area contributed by atoms with Gasteiger partial charge in [0.15, 0.2) is 0 Å². The number of amides is 1. The lowest BCUT2D eigenvalue weighted by molar-refractivity contribution is -0.0435. The molecule has 3 aliphatic rings. The zero-order valence-corrected chi connectivity index (χ0v) is 39.4. The summed E-state index contributed by atoms with van der Waals surface area (Å²) in [5, 5.41) is 3.69. The van der Waals surface area contributed by atoms with Crippen molar-refractivity contribution in [2.75, 3.05) is 68.5 Å². The van der Waals surface area contributed by atoms with E-state index >= 15 is 0 Å². The minimum atomic E-state index is -6.06. The molecule has 4 aromatic carbocycles. The molecule has 2 heterocycles. The van der Waals surface area contributed by atoms with Crippen LogP contribution in [-0.4, -0.2) is 102 Å². The summed E-state index contributed by atoms with van der Waals surface area (Å²) in [6, 6.07) is 25.5. The van der Waals surface area contributed by atoms with E-state index in [1.54, 1.807) is 12.1 Å². The predicted molar refractivity (Wildman–Crippen MR) is 251 cm³/mol. The molecule has 0 spiro atoms. The summed E-state index contributed by atoms with van der Waals surface area (Å²) in [4.78, 5) is 18.6. The number of carbonyl (C=O) groups excluding carboxylic acids is 1. The van der Waals surface area contributed by atoms with E-state index in [-0.39, 0.29) is 11.0 Å². The number of carbonyl (C=O) groups is 1. The molecule has 0 radical (unpaired) electrons. The number of hydrogen-bond donors (Lipinski definition) is 2. The lowest BCUT2D eigenvalue weighted by Crippen LogP contribution is -2.39. The van der Waals surface area contributed by atoms with Crippen molar-refractivity contribution in [1.29, 1.82) is 0 Å². The monoisotopic (exact) mass is 971 g/mol. The van der Waals surface area contributed by atoms with Crippen molar-refractivity contribution < 1.29 is 39.5 Å². The van der Waals surface area contributed by atoms with Crippen LogP contribution < -0.4 is 14.9 Å². The third-order valence-electron chi connectivity index (χ3n) is 11.8. The molecular formula is C47H53ClF3N5O6S3. The van der Waals surface area contributed by atoms with Gasteiger partial charge in [0.25, 0.3) is 25.8 Å². The molecule has 1 aliphatic carbocycles. The van der Waals surface area contributed by atoms with Gasteiger partial charge in [0.2, 0.25) is 0 Å². The number of thioether (sulfide) groups is 1. The fourth-order valence-corrected chi connectivity index (χ4v) is 11.3. The molecule has 2 N–H and O–H groups in total. The van der Waals surface area contributed by atoms with Gasteiger partial charge in [-0.3, -0.25) is 9.69 Å². The summed E-state index contributed by atoms with van der Waals surface area (Å²) in [5.41, 5.74) is -1.27. The van der Waals surface area contributed by atoms with Gasteiger partial charge in [0.1, 0.15) is 4.90 Å². The highest BCUT2D eigenvalue weighted by molar-refractivity contribution is 7.99. The van der Waals surface area contributed by atoms with Crippen LogP contribution in [0.25, 0.3) is 5.57 Å². The van der Waals surface area contributed by atoms with Gasteiger partial charge in [-0.25, -0.2) is 21.6 Å². The Hall–Kier alpha value is -4.52. The predicted octanol–water partition coefficient (Wildman–Crippen LogP) is 9.30. The molecule has 1 amide bonds. The summed E-state index contributed by atoms with van der Waals surface area (Å²) >= 11 is 7.62. The first-order valence-corrected chi connectivity index (χ1v) is 25.7. The van der Waals surface area contributed by atoms with E-state index in [1.165, 1.54) is 40.6 Å². The molecule has 0 bridgehead atoms. The fourth-order valence-electron chi connectivity index (χ4n) is 8.19. The molecule has 348 valence electrons. The number of rotatable bonds is 16. The minimum absolute atomic E-state index is 0.0260. The van der Waals surface area contributed by atoms with Crippen molar-refractivity contribution in [1.82, 2.24) is 14.5 Å². The van der Waals surface area contributed by atoms with E-state index in [2.05, 4.69) is 41.1 Å². The van der Waals surface area contributed by atoms with Gasteiger partial charge in [-0.05, 0) is 115 Å². The average molecular weight is 973 g/mol. The summed E-state index contributed by atoms with van der Waals surface area (Å²) in [6.45, 7) is 9.77. The van der Waals surface area contributed by atoms with Crippen molar-refractivity contribution in [3.63, 3.8) is 0 Å². The zero-order valence-electron chi connectivity index (χ0n) is 36.2. The number of anilines is 2. The van der Waals surface area contributed by atoms with Crippen LogP contribution in [0.3, 0.4) is 0 Å². The van der Waals surface area contributed by atoms with Gasteiger partial charge in [0, 0.05) is 84.6 Å². The van der Waals surface area contributed by atoms with E-state index in [9.17, 15) is 34.8 Å². The maximum absolute atomic E-state index is 14.2. The smallest absolute Gasteiger partial charge is 0.380 e. The Bertz CT molecular complexity index is 2590. The lowest BCUT2D eigenvalue weighted by Gasteiger charge is -2.37. The summed E-state index contributed by atoms with van der Waals surface area (Å²) in [5.74, 6) is -0.675. The zero-order chi connectivity index (χ0) is 46.4. The lowest BCUT2D eigenvalue weighted by atomic mass is 9.73. The molecule has 65 heavy (non-hydrogen) atoms. The Kier molecular flexibility index (Phi) is 15.3. The second-order valence-electron chi connectivity index (χ2n) is 17.2. The first-order chi connectivity index (χ1) is 30.9. The number of alkyl halides is 3. The highest BCUT2D eigenvalue weighted by atomic mass is 35.5. The number of allylic oxidation sites excluding steroid dienone is 1. The van der Waals surface area contributed by atoms with E-state index in [4.69, 9.17) is 16.3 Å². The van der Waals surface area contributed by atoms with E-state index in [0.717, 1.165) is 55.1 Å². The average Bonchev–Trinajstić information content (AvgIpc) is 3.28. The molecule has 18 heteroatoms. The highest BCUT2D eigenvalue weighted by Gasteiger charge is 2.48. The number of hydrogen-bond acceptors (Lipinski definition) is 11. The number of halogens is 4. The quantitative estimate of drug-likeness (QED) is 0.104. The second kappa shape index (κ2) is 20.6. The largest absolute Gasteiger partial charge is 0.501 e. The second-order valence-corrected chi connectivity index (χ2v) is 22.3. The topological polar surface area (TPSA) is 128 Å². The Morgan fingerprint density at radius 3 is 2.26 bits per heavy atom. The molecule has 7 rings (SSSR count). The normalized spacial score (nSPS) is 17.8. The minimum Gasteiger partial charge on any atom is -0.380 e. The van der Waals surface area contributed by atoms with Crippen molar-refractivity contribution in [3.8, 4) is 0 Å². The molecule has 4 aromatic rings. The van der Waals surface area contributed by atoms with Gasteiger partial charge in [-0.1, -0.05) is 55.8 Å². The van der Waals surface area contributed by atoms with Crippen molar-refractivity contribution in [2.24, 2.45) is 5.41 Å². The summed E-state index contributed by atoms with van der Waals surface area (Å²) < 4.78 is 103. The van der Waals surface area contributed by atoms with Crippen LogP contribution in [0.1, 0.15) is 55.5 Å². The van der Waals surface area contributed by atoms with Crippen LogP contribution in [-0.2, 0) is 24.6 Å². The van der Waals surface area contributed by atoms with Crippen LogP contribution in [0.4, 0.5) is 24.5 Å². The number of nitrogens with zero attached hydrogens (tertiary/aromatic N) is 3. The number of morpholine rings is 1. The van der Waals surface area contributed by atoms with Crippen LogP contribution in [0, 0.1) is 5.41 Å². The fraction of sp³-hybridized carbons (Fsp3) is 0.383. The van der Waals surface area contributed by atoms with E-state index in [0.29, 0.717) is 62.7 Å². The SMILES string of the molecule is CC1(C)CCC(c2ccc(Cl)cc2)=C(CN2C=CN(c3ccc(C(=O)NS(=O)(=O)c4ccc(N[C@H](CCN5CCOCC5)CSc5ccccc5)c(S(=O)(=O)C(F)(F)F)c4)cc3)CC2)C1. The molecule has 1 fully saturated rings. The standard InChI is InChI=1S/C47H53ClF3N5O6S3/c1-46(2)20-18-42(34-8-12-37(48)13-9-34)36(31-46)32-55-22-24-56(25-23-55)39-14-10-35(11-15-39)45(57)53-65(60,61)41-16-17-43(44(30-41)64(58,59)47(49,50)51)52-38(19-21-54-26-28-62-29-27-54)33-63-40-6-4-3-5-7-40/h3-17,22,24,30,38,52H,18-21,23,25-29,31-33H2,1-2H3,(H,53,57)/t38-/m1/s1. The molecule has 1 saturated heterocycles. The summed E-state index contributed by atoms with van der Waals surface area (Å²) in [7, 11) is -10.9. The number of ether oxygens (including phenoxy) is 1. The maximum Gasteiger partial charge on any atom is 0.501 e. The van der Waals surface area contributed by atoms with Crippen LogP contribution in [0.5, 0.6) is 0 Å². The molecule has 0 unspecified atom stereocenters. The van der Waals surface area contributed by atoms with Gasteiger partial charge >= 0.3 is 5.51 Å². The van der Waals surface area contributed by atoms with Gasteiger partial charge < -0.3 is 19.9 Å². The molecule has 0 aromatic heterocycles. The number of sulfone groups is 1. The van der Waals surface area contributed by atoms with Crippen LogP contribution >= 0.6 is 23.4 Å². The molecule has 2 aliphatic heterocycles. The Morgan fingerprint density at radius 2 is 1.60 bits per heavy atom. The van der Waals surface area contributed by atoms with Gasteiger partial charge in [0.05, 0.1) is 23.8 Å². The number of nitrogens with one attached hydrogen (secondary N) is 2. The highest BCUT2D eigenvalue weighted by Crippen LogP contribution is 2.43. The Balaban J connectivity index is 1.04. The third-order valence-corrected chi connectivity index (χ3v) is 16.1. The van der Waals surface area contributed by atoms with Gasteiger partial charge in [-0.15, -0.1) is 11.8 Å². The Labute approximate surface area is 389 Å². The van der Waals surface area contributed by atoms with E-state index in [1.807, 2.05) is 64.5 Å². The number of sulfonamides is 1. The molecular weight excluding hydrogens is 919 g/mol. The summed E-state index contributed by atoms with van der Waals surface area (Å²) in [6.07, 6.45) is 7.51. The van der Waals surface area contributed by atoms with Crippen molar-refractivity contribution >= 4 is 66.1 Å². The third kappa shape index (κ3) is 12.5. The van der Waals surface area contributed by atoms with E-state index < -0.39 is 52.8 Å². The first-order valence-electron chi connectivity index (χ1n) is 21.4.